The molecule has 2 aromatic carbocycles. The van der Waals surface area contributed by atoms with Crippen LogP contribution in [-0.2, 0) is 17.9 Å². The number of fused-ring (bicyclic) bond motifs is 1. The molecular formula is C24H30N6O. The second-order valence-corrected chi connectivity index (χ2v) is 7.81. The maximum Gasteiger partial charge on any atom is 0.241 e. The Bertz CT molecular complexity index is 1030. The second-order valence-electron chi connectivity index (χ2n) is 7.81. The van der Waals surface area contributed by atoms with E-state index in [2.05, 4.69) is 55.5 Å². The number of hydrogen-bond donors (Lipinski definition) is 2. The lowest BCUT2D eigenvalue weighted by Gasteiger charge is -2.17. The number of nitrogens with one attached hydrogen (secondary N) is 2. The quantitative estimate of drug-likeness (QED) is 0.457. The summed E-state index contributed by atoms with van der Waals surface area (Å²) in [6, 6.07) is 16.7. The van der Waals surface area contributed by atoms with Gasteiger partial charge in [0.1, 0.15) is 0 Å². The Morgan fingerprint density at radius 2 is 1.77 bits per heavy atom. The number of rotatable bonds is 7. The van der Waals surface area contributed by atoms with Crippen molar-refractivity contribution >= 4 is 22.9 Å². The standard InChI is InChI=1S/C24H30N6O/c1-2-25-24(27-16-23(31)29-13-5-6-14-29)26-15-19-9-11-20(12-10-19)17-30-18-28-21-7-3-4-8-22(21)30/h3-4,7-12,18H,2,5-6,13-17H2,1H3,(H2,25,26,27). The summed E-state index contributed by atoms with van der Waals surface area (Å²) < 4.78 is 2.16. The predicted octanol–water partition coefficient (Wildman–Crippen LogP) is 2.76. The number of imidazole rings is 1. The second kappa shape index (κ2) is 10.1. The summed E-state index contributed by atoms with van der Waals surface area (Å²) >= 11 is 0. The highest BCUT2D eigenvalue weighted by atomic mass is 16.2. The van der Waals surface area contributed by atoms with Crippen molar-refractivity contribution in [2.24, 2.45) is 4.99 Å². The number of guanidine groups is 1. The van der Waals surface area contributed by atoms with Crippen molar-refractivity contribution in [3.8, 4) is 0 Å². The first-order valence-corrected chi connectivity index (χ1v) is 11.0. The number of benzene rings is 2. The molecule has 2 heterocycles. The Morgan fingerprint density at radius 3 is 2.55 bits per heavy atom. The number of aliphatic imine (C=N–C) groups is 1. The lowest BCUT2D eigenvalue weighted by molar-refractivity contribution is -0.128. The monoisotopic (exact) mass is 418 g/mol. The van der Waals surface area contributed by atoms with Gasteiger partial charge in [0.15, 0.2) is 5.96 Å². The van der Waals surface area contributed by atoms with Crippen LogP contribution in [0.5, 0.6) is 0 Å². The smallest absolute Gasteiger partial charge is 0.241 e. The molecule has 1 aliphatic rings. The molecular weight excluding hydrogens is 388 g/mol. The lowest BCUT2D eigenvalue weighted by atomic mass is 10.1. The van der Waals surface area contributed by atoms with Crippen LogP contribution in [0.1, 0.15) is 30.9 Å². The summed E-state index contributed by atoms with van der Waals surface area (Å²) in [6.45, 7) is 6.14. The van der Waals surface area contributed by atoms with Crippen LogP contribution in [0.4, 0.5) is 0 Å². The molecule has 3 aromatic rings. The third-order valence-electron chi connectivity index (χ3n) is 5.53. The van der Waals surface area contributed by atoms with Crippen LogP contribution in [0.3, 0.4) is 0 Å². The van der Waals surface area contributed by atoms with E-state index >= 15 is 0 Å². The number of para-hydroxylation sites is 2. The van der Waals surface area contributed by atoms with Crippen molar-refractivity contribution in [1.82, 2.24) is 25.1 Å². The number of hydrogen-bond acceptors (Lipinski definition) is 3. The van der Waals surface area contributed by atoms with E-state index in [9.17, 15) is 4.79 Å². The molecule has 0 atom stereocenters. The Morgan fingerprint density at radius 1 is 1.03 bits per heavy atom. The minimum atomic E-state index is 0.138. The SMILES string of the molecule is CCNC(=NCc1ccc(Cn2cnc3ccccc32)cc1)NCC(=O)N1CCCC1. The molecule has 0 spiro atoms. The van der Waals surface area contributed by atoms with E-state index in [-0.39, 0.29) is 12.5 Å². The van der Waals surface area contributed by atoms with Crippen LogP contribution >= 0.6 is 0 Å². The zero-order chi connectivity index (χ0) is 21.5. The minimum Gasteiger partial charge on any atom is -0.357 e. The van der Waals surface area contributed by atoms with Gasteiger partial charge >= 0.3 is 0 Å². The van der Waals surface area contributed by atoms with Crippen molar-refractivity contribution < 1.29 is 4.79 Å². The summed E-state index contributed by atoms with van der Waals surface area (Å²) in [4.78, 5) is 23.3. The van der Waals surface area contributed by atoms with Crippen LogP contribution in [0.25, 0.3) is 11.0 Å². The van der Waals surface area contributed by atoms with E-state index in [1.165, 1.54) is 5.56 Å². The number of carbonyl (C=O) groups is 1. The molecule has 7 nitrogen and oxygen atoms in total. The zero-order valence-corrected chi connectivity index (χ0v) is 18.1. The highest BCUT2D eigenvalue weighted by Gasteiger charge is 2.17. The topological polar surface area (TPSA) is 74.5 Å². The van der Waals surface area contributed by atoms with E-state index in [0.717, 1.165) is 55.6 Å². The van der Waals surface area contributed by atoms with E-state index < -0.39 is 0 Å². The van der Waals surface area contributed by atoms with Crippen LogP contribution in [-0.4, -0.2) is 52.5 Å². The van der Waals surface area contributed by atoms with Gasteiger partial charge in [0.05, 0.1) is 30.5 Å². The molecule has 1 aliphatic heterocycles. The molecule has 1 fully saturated rings. The highest BCUT2D eigenvalue weighted by molar-refractivity contribution is 5.86. The number of nitrogens with zero attached hydrogens (tertiary/aromatic N) is 4. The third-order valence-corrected chi connectivity index (χ3v) is 5.53. The summed E-state index contributed by atoms with van der Waals surface area (Å²) in [7, 11) is 0. The van der Waals surface area contributed by atoms with Gasteiger partial charge in [-0.05, 0) is 43.0 Å². The Kier molecular flexibility index (Phi) is 6.82. The van der Waals surface area contributed by atoms with Gasteiger partial charge < -0.3 is 20.1 Å². The Labute approximate surface area is 183 Å². The largest absolute Gasteiger partial charge is 0.357 e. The van der Waals surface area contributed by atoms with Crippen LogP contribution in [0.15, 0.2) is 59.9 Å². The molecule has 0 saturated carbocycles. The number of aromatic nitrogens is 2. The fourth-order valence-corrected chi connectivity index (χ4v) is 3.83. The highest BCUT2D eigenvalue weighted by Crippen LogP contribution is 2.15. The van der Waals surface area contributed by atoms with Gasteiger partial charge in [-0.15, -0.1) is 0 Å². The molecule has 0 aliphatic carbocycles. The first-order chi connectivity index (χ1) is 15.2. The van der Waals surface area contributed by atoms with Gasteiger partial charge in [0.2, 0.25) is 5.91 Å². The molecule has 162 valence electrons. The fraction of sp³-hybridized carbons (Fsp3) is 0.375. The maximum atomic E-state index is 12.3. The molecule has 2 N–H and O–H groups in total. The van der Waals surface area contributed by atoms with Crippen molar-refractivity contribution in [1.29, 1.82) is 0 Å². The molecule has 1 amide bonds. The summed E-state index contributed by atoms with van der Waals surface area (Å²) in [6.07, 6.45) is 4.10. The summed E-state index contributed by atoms with van der Waals surface area (Å²) in [5, 5.41) is 6.38. The first-order valence-electron chi connectivity index (χ1n) is 11.0. The lowest BCUT2D eigenvalue weighted by Crippen LogP contribution is -2.44. The van der Waals surface area contributed by atoms with E-state index in [1.807, 2.05) is 36.4 Å². The van der Waals surface area contributed by atoms with Gasteiger partial charge in [0, 0.05) is 26.2 Å². The zero-order valence-electron chi connectivity index (χ0n) is 18.1. The molecule has 4 rings (SSSR count). The van der Waals surface area contributed by atoms with Gasteiger partial charge in [-0.1, -0.05) is 36.4 Å². The van der Waals surface area contributed by atoms with E-state index in [1.54, 1.807) is 0 Å². The molecule has 0 radical (unpaired) electrons. The Balaban J connectivity index is 1.34. The van der Waals surface area contributed by atoms with Crippen molar-refractivity contribution in [2.45, 2.75) is 32.9 Å². The first kappa shape index (κ1) is 20.9. The normalized spacial score (nSPS) is 14.2. The van der Waals surface area contributed by atoms with Crippen molar-refractivity contribution in [3.63, 3.8) is 0 Å². The number of carbonyl (C=O) groups excluding carboxylic acids is 1. The van der Waals surface area contributed by atoms with Crippen molar-refractivity contribution in [2.75, 3.05) is 26.2 Å². The minimum absolute atomic E-state index is 0.138. The average molecular weight is 419 g/mol. The fourth-order valence-electron chi connectivity index (χ4n) is 3.83. The van der Waals surface area contributed by atoms with Gasteiger partial charge in [-0.25, -0.2) is 9.98 Å². The third kappa shape index (κ3) is 5.42. The van der Waals surface area contributed by atoms with E-state index in [0.29, 0.717) is 12.5 Å². The summed E-state index contributed by atoms with van der Waals surface area (Å²) in [5.41, 5.74) is 4.50. The molecule has 0 unspecified atom stereocenters. The number of amides is 1. The average Bonchev–Trinajstić information content (AvgIpc) is 3.47. The van der Waals surface area contributed by atoms with Crippen LogP contribution in [0, 0.1) is 0 Å². The Hall–Kier alpha value is -3.35. The van der Waals surface area contributed by atoms with Crippen molar-refractivity contribution in [3.05, 3.63) is 66.0 Å². The predicted molar refractivity (Wildman–Crippen MR) is 124 cm³/mol. The van der Waals surface area contributed by atoms with Gasteiger partial charge in [-0.3, -0.25) is 4.79 Å². The van der Waals surface area contributed by atoms with Gasteiger partial charge in [0.25, 0.3) is 0 Å². The van der Waals surface area contributed by atoms with Crippen LogP contribution < -0.4 is 10.6 Å². The molecule has 1 aromatic heterocycles. The van der Waals surface area contributed by atoms with Crippen LogP contribution in [0.2, 0.25) is 0 Å². The maximum absolute atomic E-state index is 12.3. The van der Waals surface area contributed by atoms with E-state index in [4.69, 9.17) is 0 Å². The molecule has 7 heteroatoms. The molecule has 31 heavy (non-hydrogen) atoms. The summed E-state index contributed by atoms with van der Waals surface area (Å²) in [5.74, 6) is 0.809. The van der Waals surface area contributed by atoms with Gasteiger partial charge in [-0.2, -0.15) is 0 Å². The molecule has 1 saturated heterocycles. The number of likely N-dealkylation sites (tertiary alicyclic amines) is 1. The molecule has 0 bridgehead atoms.